The highest BCUT2D eigenvalue weighted by atomic mass is 35.5. The molecule has 1 aliphatic rings. The van der Waals surface area contributed by atoms with E-state index in [0.29, 0.717) is 50.7 Å². The minimum absolute atomic E-state index is 0.0182. The van der Waals surface area contributed by atoms with Crippen LogP contribution in [0.4, 0.5) is 11.4 Å². The van der Waals surface area contributed by atoms with Gasteiger partial charge in [0.1, 0.15) is 22.2 Å². The molecule has 2 amide bonds. The van der Waals surface area contributed by atoms with Crippen LogP contribution in [0.5, 0.6) is 5.75 Å². The van der Waals surface area contributed by atoms with Gasteiger partial charge in [-0.1, -0.05) is 23.7 Å². The van der Waals surface area contributed by atoms with Crippen molar-refractivity contribution in [2.45, 2.75) is 26.4 Å². The lowest BCUT2D eigenvalue weighted by Gasteiger charge is -2.19. The molecule has 4 rings (SSSR count). The fourth-order valence-corrected chi connectivity index (χ4v) is 4.48. The number of aromatic nitrogens is 1. The van der Waals surface area contributed by atoms with Gasteiger partial charge in [-0.3, -0.25) is 9.59 Å². The molecule has 1 N–H and O–H groups in total. The van der Waals surface area contributed by atoms with Crippen molar-refractivity contribution in [2.24, 2.45) is 0 Å². The van der Waals surface area contributed by atoms with E-state index < -0.39 is 18.5 Å². The first-order valence-electron chi connectivity index (χ1n) is 10.6. The van der Waals surface area contributed by atoms with Gasteiger partial charge in [-0.15, -0.1) is 11.3 Å². The number of hydrogen-bond donors (Lipinski definition) is 1. The Morgan fingerprint density at radius 3 is 2.68 bits per heavy atom. The van der Waals surface area contributed by atoms with Crippen molar-refractivity contribution < 1.29 is 23.9 Å². The van der Waals surface area contributed by atoms with Gasteiger partial charge in [-0.2, -0.15) is 0 Å². The maximum atomic E-state index is 12.5. The van der Waals surface area contributed by atoms with Crippen molar-refractivity contribution >= 4 is 52.1 Å². The second kappa shape index (κ2) is 10.7. The molecule has 0 atom stereocenters. The van der Waals surface area contributed by atoms with Crippen molar-refractivity contribution in [1.29, 1.82) is 0 Å². The van der Waals surface area contributed by atoms with E-state index in [0.717, 1.165) is 17.8 Å². The zero-order valence-electron chi connectivity index (χ0n) is 18.4. The quantitative estimate of drug-likeness (QED) is 0.455. The van der Waals surface area contributed by atoms with Gasteiger partial charge in [0.05, 0.1) is 17.1 Å². The summed E-state index contributed by atoms with van der Waals surface area (Å²) in [7, 11) is 0. The van der Waals surface area contributed by atoms with Gasteiger partial charge in [0.2, 0.25) is 5.91 Å². The number of para-hydroxylation sites is 2. The topological polar surface area (TPSA) is 97.8 Å². The van der Waals surface area contributed by atoms with Gasteiger partial charge in [0.25, 0.3) is 5.91 Å². The molecule has 2 aromatic carbocycles. The number of thiazole rings is 1. The monoisotopic (exact) mass is 499 g/mol. The predicted octanol–water partition coefficient (Wildman–Crippen LogP) is 4.61. The summed E-state index contributed by atoms with van der Waals surface area (Å²) in [4.78, 5) is 43.4. The number of rotatable bonds is 8. The minimum atomic E-state index is -0.633. The van der Waals surface area contributed by atoms with Gasteiger partial charge in [-0.25, -0.2) is 9.78 Å². The highest BCUT2D eigenvalue weighted by Crippen LogP contribution is 2.29. The molecule has 0 spiro atoms. The fourth-order valence-electron chi connectivity index (χ4n) is 3.48. The maximum absolute atomic E-state index is 12.5. The summed E-state index contributed by atoms with van der Waals surface area (Å²) in [6.45, 7) is 2.03. The number of nitrogens with one attached hydrogen (secondary N) is 1. The SMILES string of the molecule is Cc1nc(COc2ccc(Cl)cc2)sc1C(=O)OCC(=O)Nc1ccccc1N1CCCC1=O. The third-order valence-corrected chi connectivity index (χ3v) is 6.44. The highest BCUT2D eigenvalue weighted by Gasteiger charge is 2.24. The molecule has 1 saturated heterocycles. The van der Waals surface area contributed by atoms with Crippen LogP contribution in [0.2, 0.25) is 5.02 Å². The first-order chi connectivity index (χ1) is 16.4. The van der Waals surface area contributed by atoms with Crippen LogP contribution in [0.3, 0.4) is 0 Å². The van der Waals surface area contributed by atoms with Crippen molar-refractivity contribution in [2.75, 3.05) is 23.4 Å². The Bertz CT molecular complexity index is 1210. The standard InChI is InChI=1S/C24H22ClN3O5S/c1-15-23(34-21(26-15)14-32-17-10-8-16(25)9-11-17)24(31)33-13-20(29)27-18-5-2-3-6-19(18)28-12-4-7-22(28)30/h2-3,5-6,8-11H,4,7,12-14H2,1H3,(H,27,29). The number of hydrogen-bond acceptors (Lipinski definition) is 7. The summed E-state index contributed by atoms with van der Waals surface area (Å²) >= 11 is 7.02. The van der Waals surface area contributed by atoms with E-state index in [-0.39, 0.29) is 12.5 Å². The normalized spacial score (nSPS) is 13.1. The van der Waals surface area contributed by atoms with Crippen LogP contribution in [-0.2, 0) is 20.9 Å². The Morgan fingerprint density at radius 1 is 1.18 bits per heavy atom. The molecule has 0 radical (unpaired) electrons. The maximum Gasteiger partial charge on any atom is 0.350 e. The summed E-state index contributed by atoms with van der Waals surface area (Å²) < 4.78 is 10.9. The molecule has 1 aliphatic heterocycles. The Morgan fingerprint density at radius 2 is 1.94 bits per heavy atom. The first kappa shape index (κ1) is 23.7. The summed E-state index contributed by atoms with van der Waals surface area (Å²) in [6.07, 6.45) is 1.26. The van der Waals surface area contributed by atoms with Gasteiger partial charge in [0, 0.05) is 18.0 Å². The number of amides is 2. The lowest BCUT2D eigenvalue weighted by molar-refractivity contribution is -0.119. The molecule has 10 heteroatoms. The van der Waals surface area contributed by atoms with E-state index in [9.17, 15) is 14.4 Å². The van der Waals surface area contributed by atoms with Crippen LogP contribution in [0.1, 0.15) is 33.2 Å². The minimum Gasteiger partial charge on any atom is -0.486 e. The lowest BCUT2D eigenvalue weighted by Crippen LogP contribution is -2.27. The predicted molar refractivity (Wildman–Crippen MR) is 130 cm³/mol. The molecule has 34 heavy (non-hydrogen) atoms. The molecule has 0 aliphatic carbocycles. The largest absolute Gasteiger partial charge is 0.486 e. The Balaban J connectivity index is 1.32. The fraction of sp³-hybridized carbons (Fsp3) is 0.250. The molecule has 3 aromatic rings. The number of benzene rings is 2. The number of carbonyl (C=O) groups excluding carboxylic acids is 3. The van der Waals surface area contributed by atoms with Crippen LogP contribution in [-0.4, -0.2) is 35.9 Å². The van der Waals surface area contributed by atoms with Gasteiger partial charge in [0.15, 0.2) is 6.61 Å². The summed E-state index contributed by atoms with van der Waals surface area (Å²) in [5.74, 6) is -0.481. The molecular formula is C24H22ClN3O5S. The number of anilines is 2. The van der Waals surface area contributed by atoms with Crippen LogP contribution in [0, 0.1) is 6.92 Å². The molecule has 2 heterocycles. The van der Waals surface area contributed by atoms with Gasteiger partial charge < -0.3 is 19.7 Å². The molecule has 1 fully saturated rings. The average Bonchev–Trinajstić information content (AvgIpc) is 3.42. The number of halogens is 1. The summed E-state index contributed by atoms with van der Waals surface area (Å²) in [6, 6.07) is 14.0. The number of nitrogens with zero attached hydrogens (tertiary/aromatic N) is 2. The number of esters is 1. The molecule has 0 unspecified atom stereocenters. The Kier molecular flexibility index (Phi) is 7.44. The molecule has 0 bridgehead atoms. The van der Waals surface area contributed by atoms with Crippen molar-refractivity contribution in [3.63, 3.8) is 0 Å². The lowest BCUT2D eigenvalue weighted by atomic mass is 10.2. The molecule has 8 nitrogen and oxygen atoms in total. The van der Waals surface area contributed by atoms with Crippen LogP contribution in [0.25, 0.3) is 0 Å². The Labute approximate surface area is 205 Å². The summed E-state index contributed by atoms with van der Waals surface area (Å²) in [5, 5.41) is 3.94. The second-order valence-corrected chi connectivity index (χ2v) is 9.08. The van der Waals surface area contributed by atoms with Crippen LogP contribution < -0.4 is 15.0 Å². The summed E-state index contributed by atoms with van der Waals surface area (Å²) in [5.41, 5.74) is 1.63. The van der Waals surface area contributed by atoms with E-state index in [1.807, 2.05) is 0 Å². The molecule has 0 saturated carbocycles. The molecular weight excluding hydrogens is 478 g/mol. The number of aryl methyl sites for hydroxylation is 1. The molecule has 1 aromatic heterocycles. The third-order valence-electron chi connectivity index (χ3n) is 5.08. The van der Waals surface area contributed by atoms with Crippen LogP contribution >= 0.6 is 22.9 Å². The number of ether oxygens (including phenoxy) is 2. The highest BCUT2D eigenvalue weighted by molar-refractivity contribution is 7.13. The van der Waals surface area contributed by atoms with Crippen molar-refractivity contribution in [3.05, 3.63) is 69.1 Å². The smallest absolute Gasteiger partial charge is 0.350 e. The van der Waals surface area contributed by atoms with Gasteiger partial charge in [-0.05, 0) is 49.7 Å². The van der Waals surface area contributed by atoms with E-state index in [4.69, 9.17) is 21.1 Å². The van der Waals surface area contributed by atoms with Gasteiger partial charge >= 0.3 is 5.97 Å². The van der Waals surface area contributed by atoms with E-state index in [2.05, 4.69) is 10.3 Å². The molecule has 176 valence electrons. The number of carbonyl (C=O) groups is 3. The zero-order chi connectivity index (χ0) is 24.1. The Hall–Kier alpha value is -3.43. The third kappa shape index (κ3) is 5.73. The zero-order valence-corrected chi connectivity index (χ0v) is 19.9. The van der Waals surface area contributed by atoms with E-state index >= 15 is 0 Å². The average molecular weight is 500 g/mol. The van der Waals surface area contributed by atoms with Crippen molar-refractivity contribution in [1.82, 2.24) is 4.98 Å². The van der Waals surface area contributed by atoms with Crippen LogP contribution in [0.15, 0.2) is 48.5 Å². The second-order valence-electron chi connectivity index (χ2n) is 7.56. The first-order valence-corrected chi connectivity index (χ1v) is 11.8. The van der Waals surface area contributed by atoms with Crippen molar-refractivity contribution in [3.8, 4) is 5.75 Å². The van der Waals surface area contributed by atoms with E-state index in [1.54, 1.807) is 60.4 Å². The van der Waals surface area contributed by atoms with E-state index in [1.165, 1.54) is 0 Å².